The van der Waals surface area contributed by atoms with Crippen LogP contribution in [0.2, 0.25) is 0 Å². The first-order valence-corrected chi connectivity index (χ1v) is 13.0. The van der Waals surface area contributed by atoms with Crippen LogP contribution in [0.15, 0.2) is 54.1 Å². The predicted octanol–water partition coefficient (Wildman–Crippen LogP) is 1.38. The first-order chi connectivity index (χ1) is 18.9. The van der Waals surface area contributed by atoms with Crippen LogP contribution in [0, 0.1) is 0 Å². The van der Waals surface area contributed by atoms with Crippen LogP contribution in [-0.2, 0) is 22.6 Å². The van der Waals surface area contributed by atoms with Crippen molar-refractivity contribution in [3.63, 3.8) is 0 Å². The van der Waals surface area contributed by atoms with Gasteiger partial charge in [-0.2, -0.15) is 0 Å². The number of fused-ring (bicyclic) bond motifs is 4. The molecule has 0 spiro atoms. The molecule has 0 saturated heterocycles. The van der Waals surface area contributed by atoms with Crippen LogP contribution in [0.1, 0.15) is 29.7 Å². The van der Waals surface area contributed by atoms with Crippen molar-refractivity contribution in [3.8, 4) is 11.5 Å². The van der Waals surface area contributed by atoms with Crippen molar-refractivity contribution < 1.29 is 34.4 Å². The molecular weight excluding hydrogens is 502 g/mol. The van der Waals surface area contributed by atoms with Crippen molar-refractivity contribution in [2.45, 2.75) is 44.1 Å². The molecule has 5 N–H and O–H groups in total. The van der Waals surface area contributed by atoms with E-state index in [0.29, 0.717) is 41.2 Å². The number of aromatic amines is 1. The number of benzene rings is 2. The summed E-state index contributed by atoms with van der Waals surface area (Å²) >= 11 is 0. The molecular formula is C29H33N3O7. The standard InChI is InChI=1S/C29H33N3O7/c1-16(35)32(9-7-19-13-18-5-3-4-6-22(18)31-19)23-14-21(29(37)30-8-10-33)25-20-11-17(15-34)12-24(38-2)27(20)39-28(25)26(23)36/h3-6,11-14,23,25-26,28,31,33-34,36H,7-10,15H2,1-2H3,(H,30,37). The Morgan fingerprint density at radius 1 is 1.18 bits per heavy atom. The van der Waals surface area contributed by atoms with Gasteiger partial charge in [0.1, 0.15) is 12.2 Å². The van der Waals surface area contributed by atoms with Crippen LogP contribution in [0.3, 0.4) is 0 Å². The molecule has 5 rings (SSSR count). The van der Waals surface area contributed by atoms with Gasteiger partial charge in [-0.15, -0.1) is 0 Å². The molecule has 0 saturated carbocycles. The highest BCUT2D eigenvalue weighted by atomic mass is 16.5. The zero-order valence-corrected chi connectivity index (χ0v) is 21.9. The van der Waals surface area contributed by atoms with Gasteiger partial charge in [0.25, 0.3) is 0 Å². The third-order valence-corrected chi connectivity index (χ3v) is 7.47. The van der Waals surface area contributed by atoms with E-state index < -0.39 is 30.1 Å². The van der Waals surface area contributed by atoms with Gasteiger partial charge in [-0.3, -0.25) is 9.59 Å². The Kier molecular flexibility index (Phi) is 7.60. The molecule has 206 valence electrons. The lowest BCUT2D eigenvalue weighted by molar-refractivity contribution is -0.134. The SMILES string of the molecule is COc1cc(CO)cc2c1OC1C2C(C(=O)NCCO)=CC(N(CCc2cc3ccccc3[nH]2)C(C)=O)C1O. The number of rotatable bonds is 9. The van der Waals surface area contributed by atoms with Crippen LogP contribution in [-0.4, -0.2) is 82.1 Å². The number of amides is 2. The molecule has 4 atom stereocenters. The van der Waals surface area contributed by atoms with Crippen molar-refractivity contribution >= 4 is 22.7 Å². The van der Waals surface area contributed by atoms with E-state index in [1.165, 1.54) is 14.0 Å². The monoisotopic (exact) mass is 535 g/mol. The van der Waals surface area contributed by atoms with Crippen LogP contribution in [0.5, 0.6) is 11.5 Å². The van der Waals surface area contributed by atoms with Crippen LogP contribution in [0.4, 0.5) is 0 Å². The minimum Gasteiger partial charge on any atom is -0.493 e. The summed E-state index contributed by atoms with van der Waals surface area (Å²) in [6, 6.07) is 12.5. The average Bonchev–Trinajstić information content (AvgIpc) is 3.54. The molecule has 39 heavy (non-hydrogen) atoms. The molecule has 0 bridgehead atoms. The van der Waals surface area contributed by atoms with Crippen LogP contribution < -0.4 is 14.8 Å². The molecule has 1 aliphatic heterocycles. The number of nitrogens with zero attached hydrogens (tertiary/aromatic N) is 1. The van der Waals surface area contributed by atoms with E-state index in [0.717, 1.165) is 16.6 Å². The zero-order valence-electron chi connectivity index (χ0n) is 21.9. The highest BCUT2D eigenvalue weighted by Crippen LogP contribution is 2.51. The maximum absolute atomic E-state index is 13.3. The van der Waals surface area contributed by atoms with E-state index in [-0.39, 0.29) is 25.7 Å². The molecule has 1 aliphatic carbocycles. The Morgan fingerprint density at radius 3 is 2.67 bits per heavy atom. The van der Waals surface area contributed by atoms with E-state index in [1.54, 1.807) is 23.1 Å². The van der Waals surface area contributed by atoms with Crippen LogP contribution >= 0.6 is 0 Å². The van der Waals surface area contributed by atoms with E-state index in [9.17, 15) is 24.9 Å². The summed E-state index contributed by atoms with van der Waals surface area (Å²) in [6.45, 7) is 1.30. The second-order valence-corrected chi connectivity index (χ2v) is 9.86. The Morgan fingerprint density at radius 2 is 1.97 bits per heavy atom. The molecule has 10 heteroatoms. The zero-order chi connectivity index (χ0) is 27.7. The Labute approximate surface area is 225 Å². The number of carbonyl (C=O) groups excluding carboxylic acids is 2. The summed E-state index contributed by atoms with van der Waals surface area (Å²) in [4.78, 5) is 31.1. The highest BCUT2D eigenvalue weighted by Gasteiger charge is 2.51. The van der Waals surface area contributed by atoms with Gasteiger partial charge in [0.2, 0.25) is 11.8 Å². The molecule has 10 nitrogen and oxygen atoms in total. The summed E-state index contributed by atoms with van der Waals surface area (Å²) in [5.74, 6) is -0.576. The number of para-hydroxylation sites is 1. The summed E-state index contributed by atoms with van der Waals surface area (Å²) in [6.07, 6.45) is 0.121. The topological polar surface area (TPSA) is 144 Å². The van der Waals surface area contributed by atoms with Gasteiger partial charge in [0.15, 0.2) is 11.5 Å². The van der Waals surface area contributed by atoms with Gasteiger partial charge in [0.05, 0.1) is 32.3 Å². The largest absolute Gasteiger partial charge is 0.493 e. The van der Waals surface area contributed by atoms with E-state index >= 15 is 0 Å². The minimum absolute atomic E-state index is 0.0469. The lowest BCUT2D eigenvalue weighted by Gasteiger charge is -2.40. The average molecular weight is 536 g/mol. The number of hydrogen-bond donors (Lipinski definition) is 5. The number of methoxy groups -OCH3 is 1. The highest BCUT2D eigenvalue weighted by molar-refractivity contribution is 5.96. The van der Waals surface area contributed by atoms with Gasteiger partial charge in [-0.05, 0) is 41.3 Å². The fraction of sp³-hybridized carbons (Fsp3) is 0.379. The van der Waals surface area contributed by atoms with E-state index in [4.69, 9.17) is 9.47 Å². The van der Waals surface area contributed by atoms with E-state index in [1.807, 2.05) is 30.3 Å². The summed E-state index contributed by atoms with van der Waals surface area (Å²) in [5, 5.41) is 34.4. The second-order valence-electron chi connectivity index (χ2n) is 9.86. The second kappa shape index (κ2) is 11.1. The fourth-order valence-corrected chi connectivity index (χ4v) is 5.64. The molecule has 4 unspecified atom stereocenters. The van der Waals surface area contributed by atoms with Gasteiger partial charge >= 0.3 is 0 Å². The van der Waals surface area contributed by atoms with Crippen molar-refractivity contribution in [2.75, 3.05) is 26.8 Å². The number of hydrogen-bond acceptors (Lipinski definition) is 7. The van der Waals surface area contributed by atoms with Crippen molar-refractivity contribution in [1.82, 2.24) is 15.2 Å². The minimum atomic E-state index is -1.15. The van der Waals surface area contributed by atoms with Crippen molar-refractivity contribution in [1.29, 1.82) is 0 Å². The Hall–Kier alpha value is -3.86. The summed E-state index contributed by atoms with van der Waals surface area (Å²) < 4.78 is 11.7. The van der Waals surface area contributed by atoms with Crippen molar-refractivity contribution in [2.24, 2.45) is 0 Å². The van der Waals surface area contributed by atoms with E-state index in [2.05, 4.69) is 10.3 Å². The van der Waals surface area contributed by atoms with Gasteiger partial charge in [0, 0.05) is 48.8 Å². The number of aromatic nitrogens is 1. The number of aliphatic hydroxyl groups excluding tert-OH is 3. The number of ether oxygens (including phenoxy) is 2. The molecule has 1 aromatic heterocycles. The summed E-state index contributed by atoms with van der Waals surface area (Å²) in [7, 11) is 1.48. The van der Waals surface area contributed by atoms with Crippen LogP contribution in [0.25, 0.3) is 10.9 Å². The third-order valence-electron chi connectivity index (χ3n) is 7.47. The van der Waals surface area contributed by atoms with Gasteiger partial charge in [-0.25, -0.2) is 0 Å². The quantitative estimate of drug-likeness (QED) is 0.278. The van der Waals surface area contributed by atoms with Gasteiger partial charge < -0.3 is 40.0 Å². The lowest BCUT2D eigenvalue weighted by Crippen LogP contribution is -2.55. The van der Waals surface area contributed by atoms with Crippen molar-refractivity contribution in [3.05, 3.63) is 70.9 Å². The molecule has 2 aliphatic rings. The van der Waals surface area contributed by atoms with Gasteiger partial charge in [-0.1, -0.05) is 18.2 Å². The molecule has 0 radical (unpaired) electrons. The number of aliphatic hydroxyl groups is 3. The smallest absolute Gasteiger partial charge is 0.247 e. The molecule has 2 heterocycles. The number of nitrogens with one attached hydrogen (secondary N) is 2. The predicted molar refractivity (Wildman–Crippen MR) is 143 cm³/mol. The maximum atomic E-state index is 13.3. The fourth-order valence-electron chi connectivity index (χ4n) is 5.64. The molecule has 3 aromatic rings. The summed E-state index contributed by atoms with van der Waals surface area (Å²) in [5.41, 5.74) is 3.44. The Balaban J connectivity index is 1.50. The number of carbonyl (C=O) groups is 2. The normalized spacial score (nSPS) is 21.5. The first kappa shape index (κ1) is 26.7. The molecule has 2 amide bonds. The third kappa shape index (κ3) is 4.98. The lowest BCUT2D eigenvalue weighted by atomic mass is 9.77. The molecule has 2 aromatic carbocycles. The first-order valence-electron chi connectivity index (χ1n) is 13.0. The Bertz CT molecular complexity index is 1380. The number of H-pyrrole nitrogens is 1. The maximum Gasteiger partial charge on any atom is 0.247 e. The molecule has 0 fully saturated rings.